The molecule has 2 atom stereocenters. The average Bonchev–Trinajstić information content (AvgIpc) is 3.49. The summed E-state index contributed by atoms with van der Waals surface area (Å²) < 4.78 is 58.7. The van der Waals surface area contributed by atoms with Gasteiger partial charge in [-0.25, -0.2) is 28.7 Å². The molecule has 0 fully saturated rings. The Morgan fingerprint density at radius 2 is 1.67 bits per heavy atom. The Morgan fingerprint density at radius 3 is 2.28 bits per heavy atom. The van der Waals surface area contributed by atoms with Crippen LogP contribution in [0.1, 0.15) is 24.7 Å². The van der Waals surface area contributed by atoms with Crippen LogP contribution in [-0.2, 0) is 22.6 Å². The lowest BCUT2D eigenvalue weighted by atomic mass is 10.2. The molecule has 228 valence electrons. The van der Waals surface area contributed by atoms with E-state index in [1.54, 1.807) is 24.3 Å². The zero-order valence-electron chi connectivity index (χ0n) is 22.5. The predicted octanol–water partition coefficient (Wildman–Crippen LogP) is 3.19. The second-order valence-corrected chi connectivity index (χ2v) is 9.33. The fraction of sp³-hybridized carbons (Fsp3) is 0.280. The van der Waals surface area contributed by atoms with Gasteiger partial charge in [-0.15, -0.1) is 10.2 Å². The monoisotopic (exact) mass is 624 g/mol. The summed E-state index contributed by atoms with van der Waals surface area (Å²) in [5.74, 6) is 0.246. The Bertz CT molecular complexity index is 1690. The minimum absolute atomic E-state index is 0.0315. The third kappa shape index (κ3) is 7.06. The minimum atomic E-state index is -5.06. The Kier molecular flexibility index (Phi) is 8.93. The molecule has 18 heteroatoms. The average molecular weight is 625 g/mol. The summed E-state index contributed by atoms with van der Waals surface area (Å²) in [6.45, 7) is -0.0979. The molecule has 43 heavy (non-hydrogen) atoms. The van der Waals surface area contributed by atoms with Gasteiger partial charge in [-0.2, -0.15) is 13.2 Å². The zero-order chi connectivity index (χ0) is 31.5. The smallest absolute Gasteiger partial charge is 0.427 e. The topological polar surface area (TPSA) is 184 Å². The van der Waals surface area contributed by atoms with Crippen molar-refractivity contribution >= 4 is 23.8 Å². The number of primary amides is 2. The summed E-state index contributed by atoms with van der Waals surface area (Å²) in [4.78, 5) is 40.5. The lowest BCUT2D eigenvalue weighted by molar-refractivity contribution is -0.206. The first-order chi connectivity index (χ1) is 20.3. The van der Waals surface area contributed by atoms with Crippen LogP contribution in [0.25, 0.3) is 17.1 Å². The number of nitrogens with two attached hydrogens (primary N) is 2. The molecule has 14 nitrogen and oxygen atoms in total. The first-order valence-corrected chi connectivity index (χ1v) is 12.7. The van der Waals surface area contributed by atoms with Crippen molar-refractivity contribution in [3.63, 3.8) is 0 Å². The van der Waals surface area contributed by atoms with Crippen LogP contribution in [0.15, 0.2) is 53.3 Å². The maximum Gasteiger partial charge on any atom is 0.427 e. The van der Waals surface area contributed by atoms with Gasteiger partial charge in [-0.1, -0.05) is 23.7 Å². The van der Waals surface area contributed by atoms with E-state index < -0.39 is 49.3 Å². The van der Waals surface area contributed by atoms with E-state index in [9.17, 15) is 27.6 Å². The number of alkyl halides is 3. The number of aromatic nitrogens is 6. The third-order valence-electron chi connectivity index (χ3n) is 5.93. The number of halogens is 4. The van der Waals surface area contributed by atoms with Gasteiger partial charge in [0, 0.05) is 10.6 Å². The molecule has 2 aromatic heterocycles. The number of nitrogens with zero attached hydrogens (tertiary/aromatic N) is 6. The van der Waals surface area contributed by atoms with Gasteiger partial charge in [0.25, 0.3) is 0 Å². The molecule has 0 saturated carbocycles. The number of carbonyl (C=O) groups is 2. The molecule has 0 aliphatic rings. The first-order valence-electron chi connectivity index (χ1n) is 12.3. The van der Waals surface area contributed by atoms with Crippen LogP contribution in [0.2, 0.25) is 5.02 Å². The molecule has 0 aliphatic carbocycles. The van der Waals surface area contributed by atoms with Crippen LogP contribution in [0.5, 0.6) is 5.75 Å². The maximum atomic E-state index is 13.7. The Balaban J connectivity index is 1.82. The highest BCUT2D eigenvalue weighted by Crippen LogP contribution is 2.28. The van der Waals surface area contributed by atoms with E-state index in [2.05, 4.69) is 19.9 Å². The van der Waals surface area contributed by atoms with Gasteiger partial charge in [0.05, 0.1) is 13.7 Å². The summed E-state index contributed by atoms with van der Waals surface area (Å²) in [6.07, 6.45) is -11.6. The van der Waals surface area contributed by atoms with E-state index in [1.807, 2.05) is 0 Å². The molecule has 1 unspecified atom stereocenters. The van der Waals surface area contributed by atoms with E-state index in [0.29, 0.717) is 21.0 Å². The van der Waals surface area contributed by atoms with Crippen molar-refractivity contribution in [1.29, 1.82) is 0 Å². The van der Waals surface area contributed by atoms with E-state index in [1.165, 1.54) is 43.0 Å². The Morgan fingerprint density at radius 1 is 1.02 bits per heavy atom. The molecule has 0 saturated heterocycles. The molecule has 4 aromatic rings. The molecular weight excluding hydrogens is 601 g/mol. The van der Waals surface area contributed by atoms with Crippen molar-refractivity contribution in [3.05, 3.63) is 75.7 Å². The molecular formula is C25H24ClF3N8O6. The van der Waals surface area contributed by atoms with Crippen LogP contribution < -0.4 is 21.9 Å². The number of benzene rings is 2. The van der Waals surface area contributed by atoms with Gasteiger partial charge >= 0.3 is 24.1 Å². The number of para-hydroxylation sites is 2. The SMILES string of the molecule is COc1ccccc1-n1nc(Cn2nc(-c3ccc(Cl)cc3)n(C[C@H](OC(N)=O)C(F)(F)F)c2=O)nc1C(C)OC(N)=O. The van der Waals surface area contributed by atoms with E-state index in [-0.39, 0.29) is 23.0 Å². The number of amides is 2. The van der Waals surface area contributed by atoms with Crippen molar-refractivity contribution < 1.29 is 37.0 Å². The molecule has 0 spiro atoms. The molecule has 2 aromatic carbocycles. The normalized spacial score (nSPS) is 12.9. The number of hydrogen-bond donors (Lipinski definition) is 2. The lowest BCUT2D eigenvalue weighted by Gasteiger charge is -2.20. The summed E-state index contributed by atoms with van der Waals surface area (Å²) in [5, 5.41) is 8.97. The second-order valence-electron chi connectivity index (χ2n) is 8.90. The number of carbonyl (C=O) groups excluding carboxylic acids is 2. The highest BCUT2D eigenvalue weighted by molar-refractivity contribution is 6.30. The Labute approximate surface area is 245 Å². The van der Waals surface area contributed by atoms with Crippen molar-refractivity contribution in [2.45, 2.75) is 38.4 Å². The number of hydrogen-bond acceptors (Lipinski definition) is 9. The van der Waals surface area contributed by atoms with Gasteiger partial charge in [-0.3, -0.25) is 4.57 Å². The highest BCUT2D eigenvalue weighted by Gasteiger charge is 2.44. The van der Waals surface area contributed by atoms with Crippen LogP contribution in [-0.4, -0.2) is 60.7 Å². The first kappa shape index (κ1) is 30.9. The summed E-state index contributed by atoms with van der Waals surface area (Å²) >= 11 is 5.95. The van der Waals surface area contributed by atoms with Crippen molar-refractivity contribution in [2.24, 2.45) is 11.5 Å². The fourth-order valence-electron chi connectivity index (χ4n) is 4.08. The molecule has 2 heterocycles. The van der Waals surface area contributed by atoms with Crippen molar-refractivity contribution in [2.75, 3.05) is 7.11 Å². The van der Waals surface area contributed by atoms with Gasteiger partial charge in [0.15, 0.2) is 23.6 Å². The van der Waals surface area contributed by atoms with E-state index in [4.69, 9.17) is 32.5 Å². The molecule has 2 amide bonds. The second kappa shape index (κ2) is 12.4. The summed E-state index contributed by atoms with van der Waals surface area (Å²) in [6, 6.07) is 12.5. The zero-order valence-corrected chi connectivity index (χ0v) is 23.2. The van der Waals surface area contributed by atoms with Gasteiger partial charge in [0.2, 0.25) is 6.10 Å². The summed E-state index contributed by atoms with van der Waals surface area (Å²) in [5.41, 5.74) is 9.65. The van der Waals surface area contributed by atoms with Crippen LogP contribution in [0, 0.1) is 0 Å². The quantitative estimate of drug-likeness (QED) is 0.267. The predicted molar refractivity (Wildman–Crippen MR) is 144 cm³/mol. The van der Waals surface area contributed by atoms with Crippen LogP contribution >= 0.6 is 11.6 Å². The number of ether oxygens (including phenoxy) is 3. The molecule has 0 bridgehead atoms. The van der Waals surface area contributed by atoms with Crippen LogP contribution in [0.3, 0.4) is 0 Å². The van der Waals surface area contributed by atoms with E-state index in [0.717, 1.165) is 4.68 Å². The van der Waals surface area contributed by atoms with Gasteiger partial charge in [0.1, 0.15) is 18.0 Å². The summed E-state index contributed by atoms with van der Waals surface area (Å²) in [7, 11) is 1.43. The lowest BCUT2D eigenvalue weighted by Crippen LogP contribution is -2.41. The molecule has 4 rings (SSSR count). The van der Waals surface area contributed by atoms with E-state index >= 15 is 0 Å². The number of rotatable bonds is 10. The standard InChI is InChI=1S/C25H24ClF3N8O6/c1-13(42-22(30)38)20-32-19(33-37(20)16-5-3-4-6-17(16)41-2)12-36-24(40)35(11-18(25(27,28)29)43-23(31)39)21(34-36)14-7-9-15(26)10-8-14/h3-10,13,18H,11-12H2,1-2H3,(H2,30,38)(H2,31,39)/t13?,18-/m0/s1. The number of methoxy groups -OCH3 is 1. The van der Waals surface area contributed by atoms with Gasteiger partial charge < -0.3 is 25.7 Å². The minimum Gasteiger partial charge on any atom is -0.494 e. The van der Waals surface area contributed by atoms with Crippen molar-refractivity contribution in [3.8, 4) is 22.8 Å². The van der Waals surface area contributed by atoms with Gasteiger partial charge in [-0.05, 0) is 43.3 Å². The molecule has 0 radical (unpaired) electrons. The largest absolute Gasteiger partial charge is 0.494 e. The maximum absolute atomic E-state index is 13.7. The molecule has 4 N–H and O–H groups in total. The van der Waals surface area contributed by atoms with Crippen LogP contribution in [0.4, 0.5) is 22.8 Å². The fourth-order valence-corrected chi connectivity index (χ4v) is 4.20. The third-order valence-corrected chi connectivity index (χ3v) is 6.19. The highest BCUT2D eigenvalue weighted by atomic mass is 35.5. The Hall–Kier alpha value is -5.06. The molecule has 0 aliphatic heterocycles. The van der Waals surface area contributed by atoms with Crippen molar-refractivity contribution in [1.82, 2.24) is 29.1 Å².